The summed E-state index contributed by atoms with van der Waals surface area (Å²) in [5, 5.41) is 4.34. The Balaban J connectivity index is 1.23. The molecule has 0 spiro atoms. The molecule has 3 aliphatic rings. The third-order valence-corrected chi connectivity index (χ3v) is 6.73. The van der Waals surface area contributed by atoms with Crippen LogP contribution in [0.1, 0.15) is 31.2 Å². The van der Waals surface area contributed by atoms with Crippen LogP contribution < -0.4 is 10.2 Å². The van der Waals surface area contributed by atoms with Gasteiger partial charge in [0.05, 0.1) is 23.4 Å². The zero-order valence-corrected chi connectivity index (χ0v) is 16.9. The summed E-state index contributed by atoms with van der Waals surface area (Å²) in [4.78, 5) is 21.1. The largest absolute Gasteiger partial charge is 0.416 e. The number of benzene rings is 1. The van der Waals surface area contributed by atoms with Crippen molar-refractivity contribution in [2.24, 2.45) is 4.99 Å². The second-order valence-electron chi connectivity index (χ2n) is 7.74. The van der Waals surface area contributed by atoms with E-state index < -0.39 is 11.7 Å². The monoisotopic (exact) mass is 426 g/mol. The number of halogens is 3. The minimum Gasteiger partial charge on any atom is -0.368 e. The first-order valence-electron chi connectivity index (χ1n) is 10.1. The van der Waals surface area contributed by atoms with Crippen LogP contribution in [0.5, 0.6) is 0 Å². The number of amides is 1. The Kier molecular flexibility index (Phi) is 5.94. The molecule has 0 aromatic heterocycles. The molecule has 1 saturated heterocycles. The lowest BCUT2D eigenvalue weighted by Gasteiger charge is -2.36. The number of hydrogen-bond donors (Lipinski definition) is 1. The molecule has 1 saturated carbocycles. The van der Waals surface area contributed by atoms with Crippen LogP contribution in [-0.2, 0) is 11.0 Å². The molecule has 9 heteroatoms. The average molecular weight is 427 g/mol. The Morgan fingerprint density at radius 3 is 2.45 bits per heavy atom. The van der Waals surface area contributed by atoms with Crippen LogP contribution in [0.15, 0.2) is 29.3 Å². The van der Waals surface area contributed by atoms with Crippen LogP contribution in [0.2, 0.25) is 0 Å². The maximum Gasteiger partial charge on any atom is 0.416 e. The topological polar surface area (TPSA) is 47.9 Å². The molecule has 1 amide bonds. The number of carbonyl (C=O) groups excluding carboxylic acids is 1. The van der Waals surface area contributed by atoms with E-state index in [1.54, 1.807) is 0 Å². The lowest BCUT2D eigenvalue weighted by Crippen LogP contribution is -2.49. The van der Waals surface area contributed by atoms with E-state index >= 15 is 0 Å². The number of piperazine rings is 1. The molecule has 1 aromatic rings. The molecule has 29 heavy (non-hydrogen) atoms. The van der Waals surface area contributed by atoms with Crippen LogP contribution in [-0.4, -0.2) is 60.0 Å². The van der Waals surface area contributed by atoms with E-state index in [9.17, 15) is 18.0 Å². The number of anilines is 1. The van der Waals surface area contributed by atoms with Gasteiger partial charge in [-0.2, -0.15) is 13.2 Å². The highest BCUT2D eigenvalue weighted by Gasteiger charge is 2.32. The molecular formula is C20H25F3N4OS. The van der Waals surface area contributed by atoms with Crippen molar-refractivity contribution in [2.45, 2.75) is 43.9 Å². The summed E-state index contributed by atoms with van der Waals surface area (Å²) in [5.74, 6) is 0.451. The molecule has 2 fully saturated rings. The minimum absolute atomic E-state index is 0.0847. The average Bonchev–Trinajstić information content (AvgIpc) is 3.15. The summed E-state index contributed by atoms with van der Waals surface area (Å²) < 4.78 is 38.1. The zero-order valence-electron chi connectivity index (χ0n) is 16.1. The summed E-state index contributed by atoms with van der Waals surface area (Å²) in [7, 11) is 0. The highest BCUT2D eigenvalue weighted by Crippen LogP contribution is 2.31. The first kappa shape index (κ1) is 20.4. The second kappa shape index (κ2) is 8.45. The lowest BCUT2D eigenvalue weighted by molar-refractivity contribution is -0.137. The molecule has 2 aliphatic heterocycles. The van der Waals surface area contributed by atoms with E-state index in [1.807, 2.05) is 9.80 Å². The summed E-state index contributed by atoms with van der Waals surface area (Å²) in [6.07, 6.45) is 0.424. The van der Waals surface area contributed by atoms with Crippen molar-refractivity contribution in [2.75, 3.05) is 36.8 Å². The molecule has 4 rings (SSSR count). The molecule has 158 valence electrons. The molecule has 2 unspecified atom stereocenters. The summed E-state index contributed by atoms with van der Waals surface area (Å²) >= 11 is 1.48. The number of carbonyl (C=O) groups is 1. The number of fused-ring (bicyclic) bond motifs is 1. The van der Waals surface area contributed by atoms with Gasteiger partial charge in [0.2, 0.25) is 5.91 Å². The zero-order chi connectivity index (χ0) is 20.4. The Labute approximate surface area is 172 Å². The standard InChI is InChI=1S/C20H25F3N4OS/c21-20(22,23)14-5-7-15(8-6-14)26-9-11-27(12-10-26)18(28)13-29-19-24-16-3-1-2-4-17(16)25-19/h5-8,16-17H,1-4,9-13H2,(H,24,25). The smallest absolute Gasteiger partial charge is 0.368 e. The molecule has 5 nitrogen and oxygen atoms in total. The maximum atomic E-state index is 12.7. The maximum absolute atomic E-state index is 12.7. The first-order valence-corrected chi connectivity index (χ1v) is 11.1. The number of alkyl halides is 3. The van der Waals surface area contributed by atoms with Crippen molar-refractivity contribution in [3.63, 3.8) is 0 Å². The Hall–Kier alpha value is -1.90. The SMILES string of the molecule is O=C(CSC1=NC2CCCCC2N1)N1CCN(c2ccc(C(F)(F)F)cc2)CC1. The van der Waals surface area contributed by atoms with Gasteiger partial charge in [-0.05, 0) is 37.1 Å². The molecule has 0 radical (unpaired) electrons. The van der Waals surface area contributed by atoms with Gasteiger partial charge in [-0.15, -0.1) is 0 Å². The lowest BCUT2D eigenvalue weighted by atomic mass is 9.92. The summed E-state index contributed by atoms with van der Waals surface area (Å²) in [6, 6.07) is 6.02. The van der Waals surface area contributed by atoms with Gasteiger partial charge in [0, 0.05) is 31.9 Å². The Morgan fingerprint density at radius 2 is 1.79 bits per heavy atom. The normalized spacial score (nSPS) is 24.7. The highest BCUT2D eigenvalue weighted by molar-refractivity contribution is 8.14. The number of nitrogens with zero attached hydrogens (tertiary/aromatic N) is 3. The summed E-state index contributed by atoms with van der Waals surface area (Å²) in [5.41, 5.74) is 0.113. The fourth-order valence-corrected chi connectivity index (χ4v) is 5.04. The van der Waals surface area contributed by atoms with Gasteiger partial charge in [-0.1, -0.05) is 24.6 Å². The predicted octanol–water partition coefficient (Wildman–Crippen LogP) is 3.36. The first-order chi connectivity index (χ1) is 13.9. The predicted molar refractivity (Wildman–Crippen MR) is 109 cm³/mol. The van der Waals surface area contributed by atoms with Gasteiger partial charge in [-0.25, -0.2) is 0 Å². The van der Waals surface area contributed by atoms with E-state index in [2.05, 4.69) is 5.32 Å². The number of amidine groups is 1. The third-order valence-electron chi connectivity index (χ3n) is 5.85. The van der Waals surface area contributed by atoms with Gasteiger partial charge < -0.3 is 15.1 Å². The Bertz CT molecular complexity index is 760. The van der Waals surface area contributed by atoms with E-state index in [4.69, 9.17) is 4.99 Å². The van der Waals surface area contributed by atoms with Crippen molar-refractivity contribution in [1.82, 2.24) is 10.2 Å². The van der Waals surface area contributed by atoms with E-state index in [0.717, 1.165) is 35.8 Å². The number of aliphatic imine (C=N–C) groups is 1. The van der Waals surface area contributed by atoms with Crippen molar-refractivity contribution in [3.8, 4) is 0 Å². The summed E-state index contributed by atoms with van der Waals surface area (Å²) in [6.45, 7) is 2.38. The van der Waals surface area contributed by atoms with Crippen molar-refractivity contribution >= 4 is 28.5 Å². The van der Waals surface area contributed by atoms with Crippen LogP contribution in [0.25, 0.3) is 0 Å². The van der Waals surface area contributed by atoms with Crippen molar-refractivity contribution in [3.05, 3.63) is 29.8 Å². The third kappa shape index (κ3) is 4.82. The van der Waals surface area contributed by atoms with Gasteiger partial charge in [0.25, 0.3) is 0 Å². The quantitative estimate of drug-likeness (QED) is 0.805. The van der Waals surface area contributed by atoms with E-state index in [-0.39, 0.29) is 5.91 Å². The molecule has 1 aromatic carbocycles. The van der Waals surface area contributed by atoms with Gasteiger partial charge in [0.1, 0.15) is 0 Å². The van der Waals surface area contributed by atoms with Crippen LogP contribution in [0.4, 0.5) is 18.9 Å². The van der Waals surface area contributed by atoms with Gasteiger partial charge in [0.15, 0.2) is 5.17 Å². The molecule has 0 bridgehead atoms. The Morgan fingerprint density at radius 1 is 1.10 bits per heavy atom. The fourth-order valence-electron chi connectivity index (χ4n) is 4.16. The highest BCUT2D eigenvalue weighted by atomic mass is 32.2. The molecule has 2 heterocycles. The van der Waals surface area contributed by atoms with Crippen LogP contribution >= 0.6 is 11.8 Å². The van der Waals surface area contributed by atoms with Crippen molar-refractivity contribution < 1.29 is 18.0 Å². The fraction of sp³-hybridized carbons (Fsp3) is 0.600. The number of nitrogens with one attached hydrogen (secondary N) is 1. The van der Waals surface area contributed by atoms with Crippen LogP contribution in [0.3, 0.4) is 0 Å². The number of hydrogen-bond acceptors (Lipinski definition) is 5. The molecule has 1 aliphatic carbocycles. The molecule has 1 N–H and O–H groups in total. The molecule has 2 atom stereocenters. The number of rotatable bonds is 3. The second-order valence-corrected chi connectivity index (χ2v) is 8.70. The minimum atomic E-state index is -4.32. The van der Waals surface area contributed by atoms with Gasteiger partial charge in [-0.3, -0.25) is 9.79 Å². The molecular weight excluding hydrogens is 401 g/mol. The van der Waals surface area contributed by atoms with Crippen molar-refractivity contribution in [1.29, 1.82) is 0 Å². The number of thioether (sulfide) groups is 1. The van der Waals surface area contributed by atoms with Crippen LogP contribution in [0, 0.1) is 0 Å². The van der Waals surface area contributed by atoms with Gasteiger partial charge >= 0.3 is 6.18 Å². The van der Waals surface area contributed by atoms with E-state index in [0.29, 0.717) is 44.0 Å². The van der Waals surface area contributed by atoms with E-state index in [1.165, 1.54) is 36.7 Å².